The average molecular weight is 309 g/mol. The monoisotopic (exact) mass is 309 g/mol. The number of rotatable bonds is 3. The SMILES string of the molecule is Cc1ccc(OC(=O)CN2C(=O)c3ccccc3C2=O)c(C)c1. The van der Waals surface area contributed by atoms with E-state index in [-0.39, 0.29) is 0 Å². The minimum Gasteiger partial charge on any atom is -0.425 e. The van der Waals surface area contributed by atoms with Crippen LogP contribution in [-0.4, -0.2) is 29.2 Å². The molecule has 0 spiro atoms. The van der Waals surface area contributed by atoms with Crippen LogP contribution in [0.5, 0.6) is 5.75 Å². The molecule has 2 amide bonds. The van der Waals surface area contributed by atoms with E-state index in [0.717, 1.165) is 16.0 Å². The van der Waals surface area contributed by atoms with Crippen molar-refractivity contribution in [2.45, 2.75) is 13.8 Å². The second kappa shape index (κ2) is 5.68. The number of esters is 1. The highest BCUT2D eigenvalue weighted by molar-refractivity contribution is 6.22. The number of aryl methyl sites for hydroxylation is 2. The molecule has 116 valence electrons. The van der Waals surface area contributed by atoms with Crippen LogP contribution in [0.2, 0.25) is 0 Å². The van der Waals surface area contributed by atoms with E-state index < -0.39 is 24.3 Å². The average Bonchev–Trinajstić information content (AvgIpc) is 2.76. The quantitative estimate of drug-likeness (QED) is 0.496. The topological polar surface area (TPSA) is 63.7 Å². The lowest BCUT2D eigenvalue weighted by Gasteiger charge is -2.14. The first-order chi connectivity index (χ1) is 11.0. The molecular weight excluding hydrogens is 294 g/mol. The van der Waals surface area contributed by atoms with Gasteiger partial charge in [0.15, 0.2) is 0 Å². The zero-order valence-electron chi connectivity index (χ0n) is 12.8. The highest BCUT2D eigenvalue weighted by Crippen LogP contribution is 2.23. The molecule has 0 atom stereocenters. The highest BCUT2D eigenvalue weighted by Gasteiger charge is 2.36. The molecule has 2 aromatic rings. The molecular formula is C18H15NO4. The minimum absolute atomic E-state index is 0.316. The summed E-state index contributed by atoms with van der Waals surface area (Å²) in [7, 11) is 0. The van der Waals surface area contributed by atoms with E-state index >= 15 is 0 Å². The molecule has 0 unspecified atom stereocenters. The number of fused-ring (bicyclic) bond motifs is 1. The summed E-state index contributed by atoms with van der Waals surface area (Å²) < 4.78 is 5.27. The first-order valence-corrected chi connectivity index (χ1v) is 7.20. The fourth-order valence-electron chi connectivity index (χ4n) is 2.58. The first-order valence-electron chi connectivity index (χ1n) is 7.20. The number of hydrogen-bond acceptors (Lipinski definition) is 4. The molecule has 5 heteroatoms. The summed E-state index contributed by atoms with van der Waals surface area (Å²) in [6, 6.07) is 11.9. The first kappa shape index (κ1) is 15.0. The van der Waals surface area contributed by atoms with Gasteiger partial charge in [-0.15, -0.1) is 0 Å². The minimum atomic E-state index is -0.647. The molecule has 0 fully saturated rings. The molecule has 1 aliphatic rings. The molecule has 0 N–H and O–H groups in total. The number of imide groups is 1. The zero-order valence-corrected chi connectivity index (χ0v) is 12.8. The number of nitrogens with zero attached hydrogens (tertiary/aromatic N) is 1. The largest absolute Gasteiger partial charge is 0.425 e. The van der Waals surface area contributed by atoms with Gasteiger partial charge in [0.1, 0.15) is 12.3 Å². The van der Waals surface area contributed by atoms with Crippen LogP contribution in [0.3, 0.4) is 0 Å². The summed E-state index contributed by atoms with van der Waals surface area (Å²) in [5.41, 5.74) is 2.51. The van der Waals surface area contributed by atoms with Crippen LogP contribution in [-0.2, 0) is 4.79 Å². The Morgan fingerprint density at radius 3 is 2.17 bits per heavy atom. The van der Waals surface area contributed by atoms with Crippen LogP contribution < -0.4 is 4.74 Å². The Balaban J connectivity index is 1.74. The third-order valence-corrected chi connectivity index (χ3v) is 3.72. The molecule has 0 saturated heterocycles. The predicted molar refractivity (Wildman–Crippen MR) is 83.4 cm³/mol. The number of ether oxygens (including phenoxy) is 1. The fraction of sp³-hybridized carbons (Fsp3) is 0.167. The summed E-state index contributed by atoms with van der Waals surface area (Å²) >= 11 is 0. The van der Waals surface area contributed by atoms with E-state index in [9.17, 15) is 14.4 Å². The van der Waals surface area contributed by atoms with Gasteiger partial charge >= 0.3 is 5.97 Å². The van der Waals surface area contributed by atoms with Crippen molar-refractivity contribution in [2.24, 2.45) is 0 Å². The number of carbonyl (C=O) groups excluding carboxylic acids is 3. The lowest BCUT2D eigenvalue weighted by molar-refractivity contribution is -0.134. The van der Waals surface area contributed by atoms with Crippen molar-refractivity contribution in [2.75, 3.05) is 6.54 Å². The zero-order chi connectivity index (χ0) is 16.6. The number of benzene rings is 2. The van der Waals surface area contributed by atoms with Gasteiger partial charge in [0, 0.05) is 0 Å². The van der Waals surface area contributed by atoms with Crippen molar-refractivity contribution in [1.29, 1.82) is 0 Å². The lowest BCUT2D eigenvalue weighted by Crippen LogP contribution is -2.36. The van der Waals surface area contributed by atoms with Crippen LogP contribution in [0.25, 0.3) is 0 Å². The summed E-state index contributed by atoms with van der Waals surface area (Å²) in [6.45, 7) is 3.37. The van der Waals surface area contributed by atoms with Crippen molar-refractivity contribution in [3.05, 3.63) is 64.7 Å². The molecule has 0 radical (unpaired) electrons. The van der Waals surface area contributed by atoms with E-state index in [0.29, 0.717) is 16.9 Å². The van der Waals surface area contributed by atoms with Crippen molar-refractivity contribution in [3.8, 4) is 5.75 Å². The Hall–Kier alpha value is -2.95. The van der Waals surface area contributed by atoms with Gasteiger partial charge in [-0.2, -0.15) is 0 Å². The van der Waals surface area contributed by atoms with Gasteiger partial charge in [-0.25, -0.2) is 4.79 Å². The van der Waals surface area contributed by atoms with Crippen molar-refractivity contribution in [1.82, 2.24) is 4.90 Å². The summed E-state index contributed by atoms with van der Waals surface area (Å²) in [5.74, 6) is -1.16. The van der Waals surface area contributed by atoms with Gasteiger partial charge in [-0.3, -0.25) is 14.5 Å². The fourth-order valence-corrected chi connectivity index (χ4v) is 2.58. The van der Waals surface area contributed by atoms with Crippen LogP contribution >= 0.6 is 0 Å². The Morgan fingerprint density at radius 2 is 1.61 bits per heavy atom. The second-order valence-electron chi connectivity index (χ2n) is 5.49. The third-order valence-electron chi connectivity index (χ3n) is 3.72. The van der Waals surface area contributed by atoms with E-state index in [1.165, 1.54) is 0 Å². The second-order valence-corrected chi connectivity index (χ2v) is 5.49. The Kier molecular flexibility index (Phi) is 3.70. The van der Waals surface area contributed by atoms with Crippen molar-refractivity contribution < 1.29 is 19.1 Å². The van der Waals surface area contributed by atoms with Crippen LogP contribution in [0, 0.1) is 13.8 Å². The number of hydrogen-bond donors (Lipinski definition) is 0. The van der Waals surface area contributed by atoms with Crippen LogP contribution in [0.15, 0.2) is 42.5 Å². The third kappa shape index (κ3) is 2.73. The molecule has 2 aromatic carbocycles. The molecule has 23 heavy (non-hydrogen) atoms. The molecule has 0 aromatic heterocycles. The molecule has 3 rings (SSSR count). The highest BCUT2D eigenvalue weighted by atomic mass is 16.5. The van der Waals surface area contributed by atoms with E-state index in [2.05, 4.69) is 0 Å². The van der Waals surface area contributed by atoms with Crippen molar-refractivity contribution in [3.63, 3.8) is 0 Å². The van der Waals surface area contributed by atoms with Crippen LogP contribution in [0.1, 0.15) is 31.8 Å². The molecule has 1 aliphatic heterocycles. The summed E-state index contributed by atoms with van der Waals surface area (Å²) in [6.07, 6.45) is 0. The Morgan fingerprint density at radius 1 is 1.00 bits per heavy atom. The predicted octanol–water partition coefficient (Wildman–Crippen LogP) is 2.51. The Labute approximate surface area is 133 Å². The van der Waals surface area contributed by atoms with E-state index in [4.69, 9.17) is 4.74 Å². The molecule has 1 heterocycles. The van der Waals surface area contributed by atoms with Gasteiger partial charge < -0.3 is 4.74 Å². The van der Waals surface area contributed by atoms with Gasteiger partial charge in [-0.05, 0) is 37.6 Å². The van der Waals surface area contributed by atoms with Crippen LogP contribution in [0.4, 0.5) is 0 Å². The van der Waals surface area contributed by atoms with Gasteiger partial charge in [0.05, 0.1) is 11.1 Å². The lowest BCUT2D eigenvalue weighted by atomic mass is 10.1. The molecule has 0 saturated carbocycles. The van der Waals surface area contributed by atoms with E-state index in [1.807, 2.05) is 26.0 Å². The van der Waals surface area contributed by atoms with Gasteiger partial charge in [0.25, 0.3) is 11.8 Å². The molecule has 0 aliphatic carbocycles. The summed E-state index contributed by atoms with van der Waals surface area (Å²) in [5, 5.41) is 0. The number of amides is 2. The number of carbonyl (C=O) groups is 3. The van der Waals surface area contributed by atoms with E-state index in [1.54, 1.807) is 30.3 Å². The normalized spacial score (nSPS) is 13.2. The van der Waals surface area contributed by atoms with Gasteiger partial charge in [-0.1, -0.05) is 29.8 Å². The maximum Gasteiger partial charge on any atom is 0.331 e. The smallest absolute Gasteiger partial charge is 0.331 e. The Bertz CT molecular complexity index is 791. The maximum absolute atomic E-state index is 12.2. The summed E-state index contributed by atoms with van der Waals surface area (Å²) in [4.78, 5) is 37.4. The molecule has 5 nitrogen and oxygen atoms in total. The maximum atomic E-state index is 12.2. The van der Waals surface area contributed by atoms with Gasteiger partial charge in [0.2, 0.25) is 0 Å². The standard InChI is InChI=1S/C18H15NO4/c1-11-7-8-15(12(2)9-11)23-16(20)10-19-17(21)13-5-3-4-6-14(13)18(19)22/h3-9H,10H2,1-2H3. The van der Waals surface area contributed by atoms with Crippen molar-refractivity contribution >= 4 is 17.8 Å². The molecule has 0 bridgehead atoms.